The highest BCUT2D eigenvalue weighted by atomic mass is 16.5. The van der Waals surface area contributed by atoms with Crippen LogP contribution in [0.3, 0.4) is 0 Å². The minimum absolute atomic E-state index is 0.0512. The zero-order valence-corrected chi connectivity index (χ0v) is 10.8. The summed E-state index contributed by atoms with van der Waals surface area (Å²) in [5.41, 5.74) is 0.957. The summed E-state index contributed by atoms with van der Waals surface area (Å²) in [6.45, 7) is 3.05. The zero-order valence-electron chi connectivity index (χ0n) is 10.8. The number of carbonyl (C=O) groups is 1. The van der Waals surface area contributed by atoms with E-state index in [1.54, 1.807) is 17.9 Å². The van der Waals surface area contributed by atoms with E-state index in [9.17, 15) is 4.79 Å². The molecule has 1 aromatic heterocycles. The summed E-state index contributed by atoms with van der Waals surface area (Å²) < 4.78 is 7.13. The van der Waals surface area contributed by atoms with Crippen molar-refractivity contribution >= 4 is 11.6 Å². The quantitative estimate of drug-likeness (QED) is 0.778. The Hall–Kier alpha value is -1.56. The average Bonchev–Trinajstić information content (AvgIpc) is 2.74. The number of hydrogen-bond donors (Lipinski definition) is 2. The molecule has 1 aliphatic rings. The normalized spacial score (nSPS) is 22.3. The standard InChI is InChI=1S/C12H20N4O2/c1-3-18-11-4-9(5-11)15-10-6-14-16(7-10)8-12(17)13-2/h6-7,9,11,15H,3-5,8H2,1-2H3,(H,13,17). The van der Waals surface area contributed by atoms with E-state index in [4.69, 9.17) is 4.74 Å². The Kier molecular flexibility index (Phi) is 4.19. The third kappa shape index (κ3) is 3.22. The van der Waals surface area contributed by atoms with Gasteiger partial charge < -0.3 is 15.4 Å². The van der Waals surface area contributed by atoms with Gasteiger partial charge in [-0.25, -0.2) is 0 Å². The average molecular weight is 252 g/mol. The zero-order chi connectivity index (χ0) is 13.0. The van der Waals surface area contributed by atoms with Gasteiger partial charge in [0.25, 0.3) is 0 Å². The van der Waals surface area contributed by atoms with E-state index in [0.29, 0.717) is 12.1 Å². The van der Waals surface area contributed by atoms with Crippen LogP contribution in [0.5, 0.6) is 0 Å². The van der Waals surface area contributed by atoms with Gasteiger partial charge in [0.15, 0.2) is 0 Å². The lowest BCUT2D eigenvalue weighted by molar-refractivity contribution is -0.121. The van der Waals surface area contributed by atoms with Gasteiger partial charge in [-0.05, 0) is 19.8 Å². The molecular formula is C12H20N4O2. The predicted molar refractivity (Wildman–Crippen MR) is 68.4 cm³/mol. The molecule has 1 amide bonds. The molecule has 0 aromatic carbocycles. The van der Waals surface area contributed by atoms with E-state index in [2.05, 4.69) is 15.7 Å². The molecule has 0 spiro atoms. The number of likely N-dealkylation sites (N-methyl/N-ethyl adjacent to an activating group) is 1. The number of amides is 1. The molecule has 0 saturated heterocycles. The van der Waals surface area contributed by atoms with Crippen LogP contribution in [0.2, 0.25) is 0 Å². The van der Waals surface area contributed by atoms with Gasteiger partial charge in [0.2, 0.25) is 5.91 Å². The van der Waals surface area contributed by atoms with Gasteiger partial charge in [0, 0.05) is 25.9 Å². The summed E-state index contributed by atoms with van der Waals surface area (Å²) in [6.07, 6.45) is 6.07. The van der Waals surface area contributed by atoms with Gasteiger partial charge in [0.1, 0.15) is 6.54 Å². The van der Waals surface area contributed by atoms with Crippen molar-refractivity contribution in [3.05, 3.63) is 12.4 Å². The summed E-state index contributed by atoms with van der Waals surface area (Å²) in [7, 11) is 1.62. The van der Waals surface area contributed by atoms with E-state index in [1.165, 1.54) is 0 Å². The van der Waals surface area contributed by atoms with Crippen LogP contribution in [0.25, 0.3) is 0 Å². The van der Waals surface area contributed by atoms with E-state index >= 15 is 0 Å². The maximum atomic E-state index is 11.2. The number of anilines is 1. The maximum Gasteiger partial charge on any atom is 0.241 e. The molecule has 6 nitrogen and oxygen atoms in total. The lowest BCUT2D eigenvalue weighted by Crippen LogP contribution is -2.40. The van der Waals surface area contributed by atoms with E-state index in [0.717, 1.165) is 25.1 Å². The third-order valence-corrected chi connectivity index (χ3v) is 3.09. The second-order valence-corrected chi connectivity index (χ2v) is 4.49. The second kappa shape index (κ2) is 5.86. The maximum absolute atomic E-state index is 11.2. The van der Waals surface area contributed by atoms with Crippen LogP contribution in [0.15, 0.2) is 12.4 Å². The minimum atomic E-state index is -0.0512. The number of hydrogen-bond acceptors (Lipinski definition) is 4. The first-order chi connectivity index (χ1) is 8.71. The van der Waals surface area contributed by atoms with Crippen LogP contribution >= 0.6 is 0 Å². The van der Waals surface area contributed by atoms with Gasteiger partial charge >= 0.3 is 0 Å². The molecule has 1 aromatic rings. The van der Waals surface area contributed by atoms with Crippen molar-refractivity contribution in [1.29, 1.82) is 0 Å². The van der Waals surface area contributed by atoms with Gasteiger partial charge in [-0.3, -0.25) is 9.48 Å². The molecule has 0 atom stereocenters. The number of nitrogens with one attached hydrogen (secondary N) is 2. The van der Waals surface area contributed by atoms with Gasteiger partial charge in [-0.1, -0.05) is 0 Å². The van der Waals surface area contributed by atoms with Crippen molar-refractivity contribution in [3.8, 4) is 0 Å². The topological polar surface area (TPSA) is 68.2 Å². The molecule has 0 bridgehead atoms. The first kappa shape index (κ1) is 12.9. The van der Waals surface area contributed by atoms with Gasteiger partial charge in [-0.2, -0.15) is 5.10 Å². The van der Waals surface area contributed by atoms with E-state index < -0.39 is 0 Å². The fourth-order valence-electron chi connectivity index (χ4n) is 2.04. The first-order valence-corrected chi connectivity index (χ1v) is 6.32. The van der Waals surface area contributed by atoms with Crippen LogP contribution in [0.4, 0.5) is 5.69 Å². The molecule has 6 heteroatoms. The second-order valence-electron chi connectivity index (χ2n) is 4.49. The summed E-state index contributed by atoms with van der Waals surface area (Å²) in [5, 5.41) is 10.1. The van der Waals surface area contributed by atoms with Crippen molar-refractivity contribution in [1.82, 2.24) is 15.1 Å². The fourth-order valence-corrected chi connectivity index (χ4v) is 2.04. The summed E-state index contributed by atoms with van der Waals surface area (Å²) in [5.74, 6) is -0.0512. The lowest BCUT2D eigenvalue weighted by Gasteiger charge is -2.35. The fraction of sp³-hybridized carbons (Fsp3) is 0.667. The monoisotopic (exact) mass is 252 g/mol. The molecule has 2 N–H and O–H groups in total. The molecule has 18 heavy (non-hydrogen) atoms. The number of ether oxygens (including phenoxy) is 1. The Labute approximate surface area is 107 Å². The van der Waals surface area contributed by atoms with Crippen molar-refractivity contribution in [2.24, 2.45) is 0 Å². The van der Waals surface area contributed by atoms with E-state index in [-0.39, 0.29) is 12.5 Å². The minimum Gasteiger partial charge on any atom is -0.380 e. The highest BCUT2D eigenvalue weighted by Crippen LogP contribution is 2.26. The molecule has 1 fully saturated rings. The number of rotatable bonds is 6. The van der Waals surface area contributed by atoms with Gasteiger partial charge in [-0.15, -0.1) is 0 Å². The molecule has 2 rings (SSSR count). The Balaban J connectivity index is 1.76. The molecule has 0 radical (unpaired) electrons. The van der Waals surface area contributed by atoms with Crippen molar-refractivity contribution in [2.45, 2.75) is 38.5 Å². The predicted octanol–water partition coefficient (Wildman–Crippen LogP) is 0.608. The Bertz CT molecular complexity index is 399. The van der Waals surface area contributed by atoms with Crippen molar-refractivity contribution in [3.63, 3.8) is 0 Å². The first-order valence-electron chi connectivity index (χ1n) is 6.32. The van der Waals surface area contributed by atoms with E-state index in [1.807, 2.05) is 13.1 Å². The Morgan fingerprint density at radius 2 is 2.39 bits per heavy atom. The smallest absolute Gasteiger partial charge is 0.241 e. The Morgan fingerprint density at radius 3 is 3.06 bits per heavy atom. The molecule has 1 heterocycles. The van der Waals surface area contributed by atoms with Crippen LogP contribution in [-0.2, 0) is 16.1 Å². The lowest BCUT2D eigenvalue weighted by atomic mass is 9.89. The van der Waals surface area contributed by atoms with Crippen LogP contribution < -0.4 is 10.6 Å². The number of carbonyl (C=O) groups excluding carboxylic acids is 1. The van der Waals surface area contributed by atoms with Gasteiger partial charge in [0.05, 0.1) is 18.0 Å². The third-order valence-electron chi connectivity index (χ3n) is 3.09. The molecule has 0 aliphatic heterocycles. The summed E-state index contributed by atoms with van der Waals surface area (Å²) in [4.78, 5) is 11.2. The molecule has 0 unspecified atom stereocenters. The summed E-state index contributed by atoms with van der Waals surface area (Å²) >= 11 is 0. The van der Waals surface area contributed by atoms with Crippen LogP contribution in [0, 0.1) is 0 Å². The van der Waals surface area contributed by atoms with Crippen LogP contribution in [-0.4, -0.2) is 41.5 Å². The van der Waals surface area contributed by atoms with Crippen LogP contribution in [0.1, 0.15) is 19.8 Å². The highest BCUT2D eigenvalue weighted by Gasteiger charge is 2.29. The molecule has 1 aliphatic carbocycles. The number of nitrogens with zero attached hydrogens (tertiary/aromatic N) is 2. The molecular weight excluding hydrogens is 232 g/mol. The largest absolute Gasteiger partial charge is 0.380 e. The molecule has 1 saturated carbocycles. The SMILES string of the molecule is CCOC1CC(Nc2cnn(CC(=O)NC)c2)C1. The van der Waals surface area contributed by atoms with Crippen molar-refractivity contribution in [2.75, 3.05) is 19.0 Å². The highest BCUT2D eigenvalue weighted by molar-refractivity contribution is 5.75. The summed E-state index contributed by atoms with van der Waals surface area (Å²) in [6, 6.07) is 0.458. The molecule has 100 valence electrons. The Morgan fingerprint density at radius 1 is 1.61 bits per heavy atom. The number of aromatic nitrogens is 2. The van der Waals surface area contributed by atoms with Crippen molar-refractivity contribution < 1.29 is 9.53 Å².